The smallest absolute Gasteiger partial charge is 0.324 e. The number of carboxylic acids is 1. The van der Waals surface area contributed by atoms with Gasteiger partial charge in [0.1, 0.15) is 0 Å². The number of aliphatic carboxylic acids is 1. The number of sulfone groups is 1. The number of rotatable bonds is 4. The molecule has 2 aliphatic heterocycles. The van der Waals surface area contributed by atoms with E-state index in [0.717, 1.165) is 5.69 Å². The molecule has 1 aromatic rings. The van der Waals surface area contributed by atoms with Crippen LogP contribution in [0.15, 0.2) is 30.3 Å². The lowest BCUT2D eigenvalue weighted by atomic mass is 10.0. The molecule has 0 aliphatic carbocycles. The quantitative estimate of drug-likeness (QED) is 0.816. The van der Waals surface area contributed by atoms with Crippen LogP contribution >= 0.6 is 0 Å². The summed E-state index contributed by atoms with van der Waals surface area (Å²) in [7, 11) is -1.59. The van der Waals surface area contributed by atoms with Crippen molar-refractivity contribution >= 4 is 27.5 Å². The molecule has 1 aromatic carbocycles. The van der Waals surface area contributed by atoms with Crippen LogP contribution < -0.4 is 4.90 Å². The zero-order chi connectivity index (χ0) is 18.9. The van der Waals surface area contributed by atoms with Crippen molar-refractivity contribution in [3.05, 3.63) is 30.3 Å². The molecule has 3 rings (SSSR count). The molecule has 2 unspecified atom stereocenters. The lowest BCUT2D eigenvalue weighted by Gasteiger charge is -2.44. The lowest BCUT2D eigenvalue weighted by molar-refractivity contribution is -0.137. The summed E-state index contributed by atoms with van der Waals surface area (Å²) >= 11 is 0. The van der Waals surface area contributed by atoms with Crippen molar-refractivity contribution in [2.45, 2.75) is 18.5 Å². The van der Waals surface area contributed by atoms with Crippen LogP contribution in [0.1, 0.15) is 6.42 Å². The lowest BCUT2D eigenvalue weighted by Crippen LogP contribution is -2.62. The van der Waals surface area contributed by atoms with Crippen LogP contribution in [0.5, 0.6) is 0 Å². The van der Waals surface area contributed by atoms with Crippen molar-refractivity contribution in [2.75, 3.05) is 43.1 Å². The molecule has 142 valence electrons. The van der Waals surface area contributed by atoms with Crippen molar-refractivity contribution in [3.8, 4) is 0 Å². The van der Waals surface area contributed by atoms with Crippen LogP contribution in [0, 0.1) is 0 Å². The van der Waals surface area contributed by atoms with Gasteiger partial charge in [0, 0.05) is 38.4 Å². The van der Waals surface area contributed by atoms with E-state index in [1.54, 1.807) is 11.9 Å². The number of anilines is 1. The molecule has 2 aliphatic rings. The molecule has 0 aromatic heterocycles. The Kier molecular flexibility index (Phi) is 5.19. The van der Waals surface area contributed by atoms with Crippen LogP contribution in [0.2, 0.25) is 0 Å². The fourth-order valence-corrected chi connectivity index (χ4v) is 5.75. The summed E-state index contributed by atoms with van der Waals surface area (Å²) in [6, 6.07) is 8.16. The second-order valence-electron chi connectivity index (χ2n) is 6.76. The predicted molar refractivity (Wildman–Crippen MR) is 97.0 cm³/mol. The molecule has 0 radical (unpaired) electrons. The van der Waals surface area contributed by atoms with Crippen molar-refractivity contribution in [2.24, 2.45) is 0 Å². The normalized spacial score (nSPS) is 24.9. The molecule has 2 heterocycles. The SMILES string of the molecule is CN(C(=O)N1CCN(CCC(=O)O)C2CS(=O)(=O)CC21)c1ccccc1. The number of fused-ring (bicyclic) bond motifs is 1. The number of carbonyl (C=O) groups excluding carboxylic acids is 1. The van der Waals surface area contributed by atoms with Crippen LogP contribution in [0.3, 0.4) is 0 Å². The third-order valence-corrected chi connectivity index (χ3v) is 6.78. The fourth-order valence-electron chi connectivity index (χ4n) is 3.73. The highest BCUT2D eigenvalue weighted by atomic mass is 32.2. The van der Waals surface area contributed by atoms with Gasteiger partial charge in [0.25, 0.3) is 0 Å². The average molecular weight is 381 g/mol. The third kappa shape index (κ3) is 3.83. The molecule has 26 heavy (non-hydrogen) atoms. The molecule has 2 atom stereocenters. The van der Waals surface area contributed by atoms with Crippen molar-refractivity contribution in [1.29, 1.82) is 0 Å². The van der Waals surface area contributed by atoms with Gasteiger partial charge in [0.15, 0.2) is 9.84 Å². The molecule has 9 heteroatoms. The van der Waals surface area contributed by atoms with Crippen LogP contribution in [0.25, 0.3) is 0 Å². The Balaban J connectivity index is 1.79. The zero-order valence-corrected chi connectivity index (χ0v) is 15.4. The second kappa shape index (κ2) is 7.24. The van der Waals surface area contributed by atoms with Gasteiger partial charge in [-0.3, -0.25) is 14.6 Å². The van der Waals surface area contributed by atoms with Gasteiger partial charge in [-0.2, -0.15) is 0 Å². The highest BCUT2D eigenvalue weighted by molar-refractivity contribution is 7.91. The van der Waals surface area contributed by atoms with E-state index in [1.807, 2.05) is 35.2 Å². The minimum atomic E-state index is -3.26. The number of benzene rings is 1. The summed E-state index contributed by atoms with van der Waals surface area (Å²) in [5.74, 6) is -1.02. The number of hydrogen-bond donors (Lipinski definition) is 1. The molecular formula is C17H23N3O5S. The number of hydrogen-bond acceptors (Lipinski definition) is 5. The molecule has 8 nitrogen and oxygen atoms in total. The Morgan fingerprint density at radius 3 is 2.46 bits per heavy atom. The van der Waals surface area contributed by atoms with Crippen molar-refractivity contribution in [1.82, 2.24) is 9.80 Å². The van der Waals surface area contributed by atoms with Crippen LogP contribution in [-0.4, -0.2) is 85.6 Å². The Morgan fingerprint density at radius 2 is 1.81 bits per heavy atom. The number of nitrogens with zero attached hydrogens (tertiary/aromatic N) is 3. The van der Waals surface area contributed by atoms with E-state index in [0.29, 0.717) is 19.6 Å². The molecule has 2 fully saturated rings. The van der Waals surface area contributed by atoms with Crippen LogP contribution in [0.4, 0.5) is 10.5 Å². The molecule has 0 spiro atoms. The summed E-state index contributed by atoms with van der Waals surface area (Å²) in [5.41, 5.74) is 0.739. The maximum absolute atomic E-state index is 13.0. The van der Waals surface area contributed by atoms with E-state index >= 15 is 0 Å². The Morgan fingerprint density at radius 1 is 1.15 bits per heavy atom. The minimum absolute atomic E-state index is 0.0316. The first-order valence-corrected chi connectivity index (χ1v) is 10.4. The Bertz CT molecular complexity index is 783. The number of piperazine rings is 1. The second-order valence-corrected chi connectivity index (χ2v) is 8.92. The number of carbonyl (C=O) groups is 2. The summed E-state index contributed by atoms with van der Waals surface area (Å²) in [6.07, 6.45) is -0.0405. The number of para-hydroxylation sites is 1. The minimum Gasteiger partial charge on any atom is -0.481 e. The summed E-state index contributed by atoms with van der Waals surface area (Å²) in [5, 5.41) is 8.91. The molecule has 2 saturated heterocycles. The summed E-state index contributed by atoms with van der Waals surface area (Å²) in [6.45, 7) is 1.15. The monoisotopic (exact) mass is 381 g/mol. The van der Waals surface area contributed by atoms with Gasteiger partial charge in [-0.05, 0) is 12.1 Å². The van der Waals surface area contributed by atoms with E-state index in [4.69, 9.17) is 5.11 Å². The van der Waals surface area contributed by atoms with Gasteiger partial charge in [-0.15, -0.1) is 0 Å². The molecule has 0 bridgehead atoms. The summed E-state index contributed by atoms with van der Waals surface area (Å²) in [4.78, 5) is 28.9. The predicted octanol–water partition coefficient (Wildman–Crippen LogP) is 0.501. The Labute approximate surface area is 152 Å². The van der Waals surface area contributed by atoms with E-state index in [2.05, 4.69) is 0 Å². The van der Waals surface area contributed by atoms with E-state index in [-0.39, 0.29) is 30.0 Å². The topological polar surface area (TPSA) is 98.2 Å². The highest BCUT2D eigenvalue weighted by Gasteiger charge is 2.48. The number of amides is 2. The van der Waals surface area contributed by atoms with Gasteiger partial charge in [-0.1, -0.05) is 18.2 Å². The highest BCUT2D eigenvalue weighted by Crippen LogP contribution is 2.28. The molecule has 0 saturated carbocycles. The Hall–Kier alpha value is -2.13. The molecule has 2 amide bonds. The average Bonchev–Trinajstić information content (AvgIpc) is 2.94. The van der Waals surface area contributed by atoms with E-state index < -0.39 is 21.8 Å². The summed E-state index contributed by atoms with van der Waals surface area (Å²) < 4.78 is 24.4. The van der Waals surface area contributed by atoms with Gasteiger partial charge in [0.05, 0.1) is 24.0 Å². The molecule has 1 N–H and O–H groups in total. The fraction of sp³-hybridized carbons (Fsp3) is 0.529. The van der Waals surface area contributed by atoms with Gasteiger partial charge >= 0.3 is 12.0 Å². The zero-order valence-electron chi connectivity index (χ0n) is 14.6. The van der Waals surface area contributed by atoms with E-state index in [9.17, 15) is 18.0 Å². The largest absolute Gasteiger partial charge is 0.481 e. The van der Waals surface area contributed by atoms with Crippen molar-refractivity contribution in [3.63, 3.8) is 0 Å². The molecular weight excluding hydrogens is 358 g/mol. The van der Waals surface area contributed by atoms with Crippen molar-refractivity contribution < 1.29 is 23.1 Å². The number of urea groups is 1. The van der Waals surface area contributed by atoms with Gasteiger partial charge < -0.3 is 10.0 Å². The standard InChI is InChI=1S/C17H23N3O5S/c1-18(13-5-3-2-4-6-13)17(23)20-10-9-19(8-7-16(21)22)14-11-26(24,25)12-15(14)20/h2-6,14-15H,7-12H2,1H3,(H,21,22). The first kappa shape index (κ1) is 18.7. The first-order valence-electron chi connectivity index (χ1n) is 8.54. The first-order chi connectivity index (χ1) is 12.3. The third-order valence-electron chi connectivity index (χ3n) is 5.08. The maximum Gasteiger partial charge on any atom is 0.324 e. The van der Waals surface area contributed by atoms with E-state index in [1.165, 1.54) is 4.90 Å². The maximum atomic E-state index is 13.0. The van der Waals surface area contributed by atoms with Crippen LogP contribution in [-0.2, 0) is 14.6 Å². The number of carboxylic acid groups (broad SMARTS) is 1. The van der Waals surface area contributed by atoms with Gasteiger partial charge in [-0.25, -0.2) is 13.2 Å². The van der Waals surface area contributed by atoms with Gasteiger partial charge in [0.2, 0.25) is 0 Å².